The lowest BCUT2D eigenvalue weighted by molar-refractivity contribution is 0.669. The van der Waals surface area contributed by atoms with Crippen LogP contribution in [-0.4, -0.2) is 0 Å². The average Bonchev–Trinajstić information content (AvgIpc) is 3.58. The van der Waals surface area contributed by atoms with Crippen molar-refractivity contribution in [3.8, 4) is 33.4 Å². The van der Waals surface area contributed by atoms with Gasteiger partial charge in [0.1, 0.15) is 11.2 Å². The molecule has 9 rings (SSSR count). The number of fused-ring (bicyclic) bond motifs is 6. The Hall–Kier alpha value is -5.66. The van der Waals surface area contributed by atoms with Crippen molar-refractivity contribution in [2.75, 3.05) is 0 Å². The molecule has 0 saturated heterocycles. The van der Waals surface area contributed by atoms with E-state index >= 15 is 0 Å². The summed E-state index contributed by atoms with van der Waals surface area (Å²) in [6, 6.07) is 30.4. The molecule has 0 aliphatic heterocycles. The van der Waals surface area contributed by atoms with Crippen LogP contribution in [0.3, 0.4) is 0 Å². The van der Waals surface area contributed by atoms with E-state index in [1.54, 1.807) is 0 Å². The fourth-order valence-corrected chi connectivity index (χ4v) is 6.36. The third kappa shape index (κ3) is 3.65. The van der Waals surface area contributed by atoms with Gasteiger partial charge in [0.2, 0.25) is 0 Å². The minimum Gasteiger partial charge on any atom is -0.456 e. The molecule has 1 heteroatoms. The van der Waals surface area contributed by atoms with Crippen LogP contribution in [0.4, 0.5) is 0 Å². The highest BCUT2D eigenvalue weighted by Gasteiger charge is 2.21. The number of hydrogen-bond acceptors (Lipinski definition) is 1. The highest BCUT2D eigenvalue weighted by molar-refractivity contribution is 6.26. The second kappa shape index (κ2) is 9.44. The Kier molecular flexibility index (Phi) is 3.67. The summed E-state index contributed by atoms with van der Waals surface area (Å²) in [5.41, 5.74) is 4.70. The summed E-state index contributed by atoms with van der Waals surface area (Å²) in [6.07, 6.45) is 0. The van der Waals surface area contributed by atoms with Crippen LogP contribution in [0.5, 0.6) is 0 Å². The molecule has 43 heavy (non-hydrogen) atoms. The molecule has 0 radical (unpaired) electrons. The van der Waals surface area contributed by atoms with E-state index in [2.05, 4.69) is 24.3 Å². The molecule has 1 nitrogen and oxygen atoms in total. The molecule has 0 fully saturated rings. The molecule has 1 heterocycles. The third-order valence-corrected chi connectivity index (χ3v) is 8.16. The summed E-state index contributed by atoms with van der Waals surface area (Å²) >= 11 is 0. The van der Waals surface area contributed by atoms with Crippen LogP contribution in [0.2, 0.25) is 0 Å². The fraction of sp³-hybridized carbons (Fsp3) is 0. The molecule has 1 aromatic heterocycles. The second-order valence-corrected chi connectivity index (χ2v) is 10.5. The Morgan fingerprint density at radius 2 is 0.977 bits per heavy atom. The van der Waals surface area contributed by atoms with E-state index in [-0.39, 0.29) is 68.5 Å². The molecule has 9 aromatic rings. The number of hydrogen-bond donors (Lipinski definition) is 0. The Balaban J connectivity index is 1.51. The first kappa shape index (κ1) is 16.7. The second-order valence-electron chi connectivity index (χ2n) is 10.5. The van der Waals surface area contributed by atoms with Gasteiger partial charge in [-0.15, -0.1) is 0 Å². The lowest BCUT2D eigenvalue weighted by Crippen LogP contribution is -1.93. The van der Waals surface area contributed by atoms with Crippen LogP contribution in [0.25, 0.3) is 87.6 Å². The third-order valence-electron chi connectivity index (χ3n) is 8.16. The minimum atomic E-state index is -0.531. The van der Waals surface area contributed by atoms with Crippen molar-refractivity contribution >= 4 is 54.3 Å². The van der Waals surface area contributed by atoms with E-state index in [0.717, 1.165) is 43.8 Å². The summed E-state index contributed by atoms with van der Waals surface area (Å²) < 4.78 is 85.9. The first-order valence-electron chi connectivity index (χ1n) is 18.6. The molecule has 0 aliphatic carbocycles. The maximum absolute atomic E-state index is 9.43. The van der Waals surface area contributed by atoms with Gasteiger partial charge in [0, 0.05) is 10.8 Å². The molecule has 0 N–H and O–H groups in total. The van der Waals surface area contributed by atoms with Gasteiger partial charge in [-0.05, 0) is 83.8 Å². The summed E-state index contributed by atoms with van der Waals surface area (Å²) in [7, 11) is 0. The summed E-state index contributed by atoms with van der Waals surface area (Å²) in [5.74, 6) is 0. The largest absolute Gasteiger partial charge is 0.456 e. The van der Waals surface area contributed by atoms with Gasteiger partial charge in [-0.2, -0.15) is 0 Å². The lowest BCUT2D eigenvalue weighted by Gasteiger charge is -2.20. The van der Waals surface area contributed by atoms with Crippen molar-refractivity contribution in [3.63, 3.8) is 0 Å². The molecular weight excluding hydrogens is 520 g/mol. The molecule has 0 bridgehead atoms. The normalized spacial score (nSPS) is 14.7. The minimum absolute atomic E-state index is 0.0567. The summed E-state index contributed by atoms with van der Waals surface area (Å²) in [5, 5.41) is 3.23. The Labute approximate surface area is 261 Å². The van der Waals surface area contributed by atoms with Crippen molar-refractivity contribution in [1.29, 1.82) is 0 Å². The number of rotatable bonds is 3. The molecule has 0 spiro atoms. The molecule has 200 valence electrons. The van der Waals surface area contributed by atoms with Crippen LogP contribution in [0.15, 0.2) is 162 Å². The molecule has 0 amide bonds. The average molecular weight is 556 g/mol. The maximum atomic E-state index is 9.43. The molecular formula is C42H26O. The van der Waals surface area contributed by atoms with Gasteiger partial charge in [0.05, 0.1) is 12.3 Å². The quantitative estimate of drug-likeness (QED) is 0.198. The Morgan fingerprint density at radius 3 is 1.65 bits per heavy atom. The van der Waals surface area contributed by atoms with Crippen molar-refractivity contribution < 1.29 is 16.8 Å². The number of furan rings is 1. The van der Waals surface area contributed by atoms with Crippen LogP contribution in [0, 0.1) is 0 Å². The van der Waals surface area contributed by atoms with E-state index in [1.165, 1.54) is 0 Å². The zero-order valence-electron chi connectivity index (χ0n) is 31.7. The van der Waals surface area contributed by atoms with E-state index < -0.39 is 24.2 Å². The first-order valence-corrected chi connectivity index (χ1v) is 14.1. The smallest absolute Gasteiger partial charge is 0.136 e. The zero-order chi connectivity index (χ0) is 36.2. The van der Waals surface area contributed by atoms with E-state index in [0.29, 0.717) is 5.56 Å². The topological polar surface area (TPSA) is 13.1 Å². The van der Waals surface area contributed by atoms with Gasteiger partial charge in [-0.1, -0.05) is 139 Å². The lowest BCUT2D eigenvalue weighted by atomic mass is 9.83. The van der Waals surface area contributed by atoms with E-state index in [9.17, 15) is 2.74 Å². The maximum Gasteiger partial charge on any atom is 0.136 e. The zero-order valence-corrected chi connectivity index (χ0v) is 22.7. The number of benzene rings is 8. The van der Waals surface area contributed by atoms with Gasteiger partial charge in [-0.3, -0.25) is 0 Å². The molecule has 0 aliphatic rings. The Bertz CT molecular complexity index is 2950. The predicted octanol–water partition coefficient (Wildman–Crippen LogP) is 12.0. The van der Waals surface area contributed by atoms with Gasteiger partial charge >= 0.3 is 0 Å². The summed E-state index contributed by atoms with van der Waals surface area (Å²) in [6.45, 7) is 0. The van der Waals surface area contributed by atoms with E-state index in [4.69, 9.17) is 14.0 Å². The SMILES string of the molecule is [2H]c1c([2H])c(-c2c3ccccc3c(-c3ccccc3-c3ccccc3)c3ccccc23)c2c(oc3c([2H])c4c([2H])c([2H])c([2H])c([2H])c4c([2H])c32)c1[2H]. The standard InChI is InChI=1S/C42H26O/c1-2-13-27(14-3-1)30-17-6-7-18-31(30)40-32-19-8-10-21-34(32)41(35-22-11-9-20-33(35)40)36-23-12-24-38-42(36)37-25-28-15-4-5-16-29(28)26-39(37)43-38/h1-26H/i4D,5D,12D,15D,16D,23D,24D,25D,26D. The van der Waals surface area contributed by atoms with Crippen molar-refractivity contribution in [2.45, 2.75) is 0 Å². The van der Waals surface area contributed by atoms with Gasteiger partial charge in [0.15, 0.2) is 0 Å². The highest BCUT2D eigenvalue weighted by atomic mass is 16.3. The van der Waals surface area contributed by atoms with Crippen LogP contribution >= 0.6 is 0 Å². The fourth-order valence-electron chi connectivity index (χ4n) is 6.36. The van der Waals surface area contributed by atoms with Gasteiger partial charge < -0.3 is 4.42 Å². The van der Waals surface area contributed by atoms with Crippen LogP contribution in [0.1, 0.15) is 12.3 Å². The van der Waals surface area contributed by atoms with Crippen molar-refractivity contribution in [2.24, 2.45) is 0 Å². The van der Waals surface area contributed by atoms with Crippen LogP contribution in [-0.2, 0) is 0 Å². The van der Waals surface area contributed by atoms with Crippen LogP contribution < -0.4 is 0 Å². The monoisotopic (exact) mass is 555 g/mol. The van der Waals surface area contributed by atoms with E-state index in [1.807, 2.05) is 78.9 Å². The highest BCUT2D eigenvalue weighted by Crippen LogP contribution is 2.48. The Morgan fingerprint density at radius 1 is 0.419 bits per heavy atom. The molecule has 0 saturated carbocycles. The van der Waals surface area contributed by atoms with Crippen molar-refractivity contribution in [3.05, 3.63) is 158 Å². The molecule has 0 unspecified atom stereocenters. The predicted molar refractivity (Wildman–Crippen MR) is 183 cm³/mol. The summed E-state index contributed by atoms with van der Waals surface area (Å²) in [4.78, 5) is 0. The molecule has 8 aromatic carbocycles. The van der Waals surface area contributed by atoms with Crippen molar-refractivity contribution in [1.82, 2.24) is 0 Å². The first-order chi connectivity index (χ1) is 25.1. The molecule has 0 atom stereocenters. The van der Waals surface area contributed by atoms with Gasteiger partial charge in [0.25, 0.3) is 0 Å². The van der Waals surface area contributed by atoms with Gasteiger partial charge in [-0.25, -0.2) is 0 Å².